The first-order chi connectivity index (χ1) is 14.0. The largest absolute Gasteiger partial charge is 0.478 e. The lowest BCUT2D eigenvalue weighted by molar-refractivity contribution is 0.208. The number of aromatic nitrogens is 2. The second-order valence-electron chi connectivity index (χ2n) is 6.60. The average molecular weight is 399 g/mol. The summed E-state index contributed by atoms with van der Waals surface area (Å²) in [6, 6.07) is 10.4. The molecule has 1 aromatic heterocycles. The number of amides is 2. The highest BCUT2D eigenvalue weighted by Crippen LogP contribution is 2.24. The molecule has 0 aliphatic carbocycles. The topological polar surface area (TPSA) is 70.6 Å². The van der Waals surface area contributed by atoms with Crippen molar-refractivity contribution in [2.75, 3.05) is 43.5 Å². The Balaban J connectivity index is 1.44. The highest BCUT2D eigenvalue weighted by Gasteiger charge is 2.23. The maximum absolute atomic E-state index is 13.4. The van der Waals surface area contributed by atoms with Crippen molar-refractivity contribution < 1.29 is 18.3 Å². The van der Waals surface area contributed by atoms with Crippen LogP contribution in [0, 0.1) is 11.6 Å². The number of hydrogen-bond acceptors (Lipinski definition) is 5. The summed E-state index contributed by atoms with van der Waals surface area (Å²) in [5.74, 6) is -0.777. The molecule has 9 heteroatoms. The Hall–Kier alpha value is -3.49. The number of urea groups is 1. The normalized spacial score (nSPS) is 14.2. The number of benzene rings is 2. The van der Waals surface area contributed by atoms with Gasteiger partial charge in [0.25, 0.3) is 5.88 Å². The van der Waals surface area contributed by atoms with E-state index in [9.17, 15) is 13.6 Å². The van der Waals surface area contributed by atoms with E-state index >= 15 is 0 Å². The summed E-state index contributed by atoms with van der Waals surface area (Å²) < 4.78 is 32.1. The van der Waals surface area contributed by atoms with Gasteiger partial charge in [0, 0.05) is 37.9 Å². The molecule has 1 saturated heterocycles. The van der Waals surface area contributed by atoms with E-state index in [4.69, 9.17) is 4.74 Å². The molecule has 1 aliphatic rings. The molecule has 3 aromatic rings. The van der Waals surface area contributed by atoms with Crippen molar-refractivity contribution >= 4 is 28.6 Å². The summed E-state index contributed by atoms with van der Waals surface area (Å²) in [5.41, 5.74) is 1.77. The molecule has 2 aromatic carbocycles. The molecule has 2 amide bonds. The van der Waals surface area contributed by atoms with Crippen LogP contribution in [0.4, 0.5) is 25.1 Å². The highest BCUT2D eigenvalue weighted by atomic mass is 19.1. The van der Waals surface area contributed by atoms with Gasteiger partial charge in [-0.1, -0.05) is 12.1 Å². The van der Waals surface area contributed by atoms with Crippen molar-refractivity contribution in [1.82, 2.24) is 14.9 Å². The van der Waals surface area contributed by atoms with Crippen LogP contribution in [0.25, 0.3) is 11.0 Å². The van der Waals surface area contributed by atoms with Gasteiger partial charge in [-0.2, -0.15) is 0 Å². The van der Waals surface area contributed by atoms with E-state index in [1.807, 2.05) is 23.1 Å². The smallest absolute Gasteiger partial charge is 0.323 e. The Morgan fingerprint density at radius 3 is 2.24 bits per heavy atom. The zero-order valence-electron chi connectivity index (χ0n) is 15.7. The lowest BCUT2D eigenvalue weighted by Gasteiger charge is -2.36. The van der Waals surface area contributed by atoms with Crippen LogP contribution >= 0.6 is 0 Å². The molecule has 150 valence electrons. The third-order valence-electron chi connectivity index (χ3n) is 4.74. The molecule has 0 spiro atoms. The molecule has 4 rings (SSSR count). The minimum Gasteiger partial charge on any atom is -0.478 e. The fourth-order valence-electron chi connectivity index (χ4n) is 3.28. The zero-order valence-corrected chi connectivity index (χ0v) is 15.7. The maximum Gasteiger partial charge on any atom is 0.323 e. The quantitative estimate of drug-likeness (QED) is 0.732. The third kappa shape index (κ3) is 4.03. The molecule has 1 aliphatic heterocycles. The first kappa shape index (κ1) is 18.9. The summed E-state index contributed by atoms with van der Waals surface area (Å²) in [7, 11) is 1.46. The summed E-state index contributed by atoms with van der Waals surface area (Å²) in [6.07, 6.45) is 0. The number of halogens is 2. The van der Waals surface area contributed by atoms with Crippen LogP contribution in [0.1, 0.15) is 0 Å². The molecule has 0 radical (unpaired) electrons. The Bertz CT molecular complexity index is 1030. The SMILES string of the molecule is COc1nc2ccccc2nc1NC(=O)N1CCN(c2cc(F)cc(F)c2)CC1. The van der Waals surface area contributed by atoms with Crippen LogP contribution in [-0.2, 0) is 0 Å². The van der Waals surface area contributed by atoms with Crippen molar-refractivity contribution in [3.05, 3.63) is 54.1 Å². The minimum absolute atomic E-state index is 0.228. The molecule has 1 fully saturated rings. The number of ether oxygens (including phenoxy) is 1. The summed E-state index contributed by atoms with van der Waals surface area (Å²) in [4.78, 5) is 24.9. The second-order valence-corrected chi connectivity index (χ2v) is 6.60. The van der Waals surface area contributed by atoms with Crippen molar-refractivity contribution in [2.24, 2.45) is 0 Å². The number of nitrogens with one attached hydrogen (secondary N) is 1. The Labute approximate surface area is 165 Å². The van der Waals surface area contributed by atoms with Crippen LogP contribution in [0.5, 0.6) is 5.88 Å². The lowest BCUT2D eigenvalue weighted by Crippen LogP contribution is -2.50. The van der Waals surface area contributed by atoms with Gasteiger partial charge in [0.1, 0.15) is 11.6 Å². The minimum atomic E-state index is -0.623. The van der Waals surface area contributed by atoms with E-state index in [1.54, 1.807) is 11.0 Å². The number of para-hydroxylation sites is 2. The first-order valence-corrected chi connectivity index (χ1v) is 9.11. The number of methoxy groups -OCH3 is 1. The van der Waals surface area contributed by atoms with E-state index in [1.165, 1.54) is 19.2 Å². The van der Waals surface area contributed by atoms with Gasteiger partial charge in [0.15, 0.2) is 5.82 Å². The molecule has 0 saturated carbocycles. The fourth-order valence-corrected chi connectivity index (χ4v) is 3.28. The number of hydrogen-bond donors (Lipinski definition) is 1. The highest BCUT2D eigenvalue weighted by molar-refractivity contribution is 5.91. The van der Waals surface area contributed by atoms with Crippen molar-refractivity contribution in [1.29, 1.82) is 0 Å². The van der Waals surface area contributed by atoms with Crippen LogP contribution in [0.3, 0.4) is 0 Å². The van der Waals surface area contributed by atoms with Gasteiger partial charge in [-0.25, -0.2) is 23.5 Å². The van der Waals surface area contributed by atoms with Crippen LogP contribution in [0.15, 0.2) is 42.5 Å². The Morgan fingerprint density at radius 1 is 1.00 bits per heavy atom. The van der Waals surface area contributed by atoms with Gasteiger partial charge in [-0.05, 0) is 24.3 Å². The zero-order chi connectivity index (χ0) is 20.4. The van der Waals surface area contributed by atoms with Gasteiger partial charge < -0.3 is 14.5 Å². The van der Waals surface area contributed by atoms with Gasteiger partial charge >= 0.3 is 6.03 Å². The molecule has 29 heavy (non-hydrogen) atoms. The predicted molar refractivity (Wildman–Crippen MR) is 105 cm³/mol. The Morgan fingerprint density at radius 2 is 1.62 bits per heavy atom. The van der Waals surface area contributed by atoms with Crippen LogP contribution in [-0.4, -0.2) is 54.2 Å². The number of piperazine rings is 1. The van der Waals surface area contributed by atoms with Gasteiger partial charge in [-0.15, -0.1) is 0 Å². The van der Waals surface area contributed by atoms with Crippen molar-refractivity contribution in [2.45, 2.75) is 0 Å². The second kappa shape index (κ2) is 7.86. The Kier molecular flexibility index (Phi) is 5.11. The van der Waals surface area contributed by atoms with E-state index in [0.29, 0.717) is 42.9 Å². The number of anilines is 2. The summed E-state index contributed by atoms with van der Waals surface area (Å²) in [6.45, 7) is 1.70. The number of carbonyl (C=O) groups excluding carboxylic acids is 1. The number of rotatable bonds is 3. The molecule has 0 bridgehead atoms. The van der Waals surface area contributed by atoms with Crippen LogP contribution < -0.4 is 15.0 Å². The van der Waals surface area contributed by atoms with Gasteiger partial charge in [0.2, 0.25) is 0 Å². The third-order valence-corrected chi connectivity index (χ3v) is 4.74. The van der Waals surface area contributed by atoms with Crippen molar-refractivity contribution in [3.63, 3.8) is 0 Å². The van der Waals surface area contributed by atoms with Gasteiger partial charge in [-0.3, -0.25) is 5.32 Å². The van der Waals surface area contributed by atoms with E-state index < -0.39 is 11.6 Å². The number of carbonyl (C=O) groups is 1. The number of fused-ring (bicyclic) bond motifs is 1. The molecular weight excluding hydrogens is 380 g/mol. The molecule has 0 atom stereocenters. The molecule has 1 N–H and O–H groups in total. The standard InChI is InChI=1S/C20H19F2N5O2/c1-29-19-18(23-16-4-2-3-5-17(16)24-19)25-20(28)27-8-6-26(7-9-27)15-11-13(21)10-14(22)12-15/h2-5,10-12H,6-9H2,1H3,(H,23,25,28). The fraction of sp³-hybridized carbons (Fsp3) is 0.250. The monoisotopic (exact) mass is 399 g/mol. The van der Waals surface area contributed by atoms with Crippen molar-refractivity contribution in [3.8, 4) is 5.88 Å². The molecule has 7 nitrogen and oxygen atoms in total. The van der Waals surface area contributed by atoms with E-state index in [0.717, 1.165) is 6.07 Å². The molecule has 2 heterocycles. The average Bonchev–Trinajstić information content (AvgIpc) is 2.72. The van der Waals surface area contributed by atoms with Crippen LogP contribution in [0.2, 0.25) is 0 Å². The summed E-state index contributed by atoms with van der Waals surface area (Å²) in [5, 5.41) is 2.75. The van der Waals surface area contributed by atoms with E-state index in [-0.39, 0.29) is 17.7 Å². The van der Waals surface area contributed by atoms with E-state index in [2.05, 4.69) is 15.3 Å². The summed E-state index contributed by atoms with van der Waals surface area (Å²) >= 11 is 0. The van der Waals surface area contributed by atoms with Gasteiger partial charge in [0.05, 0.1) is 18.1 Å². The molecular formula is C20H19F2N5O2. The maximum atomic E-state index is 13.4. The predicted octanol–water partition coefficient (Wildman–Crippen LogP) is 3.27. The first-order valence-electron chi connectivity index (χ1n) is 9.11. The lowest BCUT2D eigenvalue weighted by atomic mass is 10.2. The number of nitrogens with zero attached hydrogens (tertiary/aromatic N) is 4. The molecule has 0 unspecified atom stereocenters.